The van der Waals surface area contributed by atoms with Crippen LogP contribution in [0.1, 0.15) is 18.9 Å². The number of ether oxygens (including phenoxy) is 1. The Morgan fingerprint density at radius 1 is 1.19 bits per heavy atom. The molecule has 0 saturated carbocycles. The normalized spacial score (nSPS) is 15.8. The molecule has 1 aliphatic rings. The minimum Gasteiger partial charge on any atom is -0.495 e. The highest BCUT2D eigenvalue weighted by atomic mass is 35.5. The van der Waals surface area contributed by atoms with E-state index in [4.69, 9.17) is 21.3 Å². The van der Waals surface area contributed by atoms with E-state index in [2.05, 4.69) is 4.90 Å². The van der Waals surface area contributed by atoms with Gasteiger partial charge in [-0.15, -0.1) is 0 Å². The Morgan fingerprint density at radius 3 is 2.72 bits per heavy atom. The molecule has 1 aliphatic heterocycles. The molecule has 8 nitrogen and oxygen atoms in total. The van der Waals surface area contributed by atoms with E-state index in [-0.39, 0.29) is 12.4 Å². The summed E-state index contributed by atoms with van der Waals surface area (Å²) in [4.78, 5) is 6.95. The zero-order chi connectivity index (χ0) is 22.9. The van der Waals surface area contributed by atoms with E-state index in [1.54, 1.807) is 23.4 Å². The third kappa shape index (κ3) is 4.43. The SMILES string of the molecule is CCS(=O)(=O)N1CCCN(c2ccn3cc(-c4cc(Cl)c(OC)cc4CO)nc3c2)CC1. The number of aliphatic hydroxyl groups excluding tert-OH is 1. The number of imidazole rings is 1. The Hall–Kier alpha value is -2.33. The van der Waals surface area contributed by atoms with Gasteiger partial charge in [-0.05, 0) is 37.1 Å². The first kappa shape index (κ1) is 22.8. The molecule has 0 spiro atoms. The van der Waals surface area contributed by atoms with Crippen LogP contribution in [-0.2, 0) is 16.6 Å². The summed E-state index contributed by atoms with van der Waals surface area (Å²) in [6.07, 6.45) is 4.61. The number of hydrogen-bond acceptors (Lipinski definition) is 6. The summed E-state index contributed by atoms with van der Waals surface area (Å²) in [6, 6.07) is 7.49. The molecule has 0 aliphatic carbocycles. The van der Waals surface area contributed by atoms with Crippen molar-refractivity contribution in [3.8, 4) is 17.0 Å². The van der Waals surface area contributed by atoms with Gasteiger partial charge in [-0.1, -0.05) is 11.6 Å². The van der Waals surface area contributed by atoms with Crippen molar-refractivity contribution in [3.63, 3.8) is 0 Å². The highest BCUT2D eigenvalue weighted by Gasteiger charge is 2.24. The molecule has 172 valence electrons. The standard InChI is InChI=1S/C22H27ClN4O4S/c1-3-32(29,30)27-7-4-6-25(9-10-27)17-5-8-26-14-20(24-22(26)12-17)18-13-19(23)21(31-2)11-16(18)15-28/h5,8,11-14,28H,3-4,6-7,9-10,15H2,1-2H3. The molecule has 0 radical (unpaired) electrons. The van der Waals surface area contributed by atoms with Crippen LogP contribution in [0.2, 0.25) is 5.02 Å². The predicted molar refractivity (Wildman–Crippen MR) is 126 cm³/mol. The van der Waals surface area contributed by atoms with Gasteiger partial charge in [0.15, 0.2) is 0 Å². The molecule has 32 heavy (non-hydrogen) atoms. The summed E-state index contributed by atoms with van der Waals surface area (Å²) >= 11 is 6.31. The fraction of sp³-hybridized carbons (Fsp3) is 0.409. The van der Waals surface area contributed by atoms with Crippen LogP contribution >= 0.6 is 11.6 Å². The third-order valence-electron chi connectivity index (χ3n) is 5.85. The van der Waals surface area contributed by atoms with Crippen LogP contribution in [0.25, 0.3) is 16.9 Å². The molecule has 10 heteroatoms. The monoisotopic (exact) mass is 478 g/mol. The van der Waals surface area contributed by atoms with E-state index in [0.717, 1.165) is 29.9 Å². The number of nitrogens with zero attached hydrogens (tertiary/aromatic N) is 4. The number of pyridine rings is 1. The van der Waals surface area contributed by atoms with Crippen LogP contribution in [0.3, 0.4) is 0 Å². The van der Waals surface area contributed by atoms with Gasteiger partial charge < -0.3 is 19.1 Å². The first-order valence-electron chi connectivity index (χ1n) is 10.6. The number of methoxy groups -OCH3 is 1. The van der Waals surface area contributed by atoms with E-state index in [0.29, 0.717) is 41.7 Å². The van der Waals surface area contributed by atoms with Crippen LogP contribution < -0.4 is 9.64 Å². The minimum atomic E-state index is -3.18. The van der Waals surface area contributed by atoms with Crippen molar-refractivity contribution in [2.45, 2.75) is 20.0 Å². The summed E-state index contributed by atoms with van der Waals surface area (Å²) in [5.74, 6) is 0.631. The minimum absolute atomic E-state index is 0.126. The van der Waals surface area contributed by atoms with Crippen molar-refractivity contribution in [1.82, 2.24) is 13.7 Å². The van der Waals surface area contributed by atoms with Crippen LogP contribution in [-0.4, -0.2) is 66.3 Å². The van der Waals surface area contributed by atoms with E-state index < -0.39 is 10.0 Å². The van der Waals surface area contributed by atoms with Gasteiger partial charge in [0.25, 0.3) is 0 Å². The zero-order valence-corrected chi connectivity index (χ0v) is 19.7. The number of aromatic nitrogens is 2. The molecule has 1 fully saturated rings. The summed E-state index contributed by atoms with van der Waals surface area (Å²) in [5.41, 5.74) is 3.89. The quantitative estimate of drug-likeness (QED) is 0.586. The topological polar surface area (TPSA) is 87.4 Å². The van der Waals surface area contributed by atoms with Gasteiger partial charge in [0.05, 0.1) is 30.2 Å². The maximum Gasteiger partial charge on any atom is 0.213 e. The van der Waals surface area contributed by atoms with Crippen LogP contribution in [0.15, 0.2) is 36.7 Å². The van der Waals surface area contributed by atoms with E-state index in [1.807, 2.05) is 28.9 Å². The van der Waals surface area contributed by atoms with Crippen LogP contribution in [0.5, 0.6) is 5.75 Å². The molecule has 1 aromatic carbocycles. The lowest BCUT2D eigenvalue weighted by atomic mass is 10.1. The first-order chi connectivity index (χ1) is 15.4. The van der Waals surface area contributed by atoms with E-state index >= 15 is 0 Å². The number of halogens is 1. The molecule has 4 rings (SSSR count). The molecule has 2 aromatic heterocycles. The maximum absolute atomic E-state index is 12.2. The summed E-state index contributed by atoms with van der Waals surface area (Å²) < 4.78 is 33.2. The second-order valence-electron chi connectivity index (χ2n) is 7.72. The van der Waals surface area contributed by atoms with Crippen molar-refractivity contribution in [2.24, 2.45) is 0 Å². The lowest BCUT2D eigenvalue weighted by Crippen LogP contribution is -2.36. The molecule has 1 N–H and O–H groups in total. The van der Waals surface area contributed by atoms with Crippen LogP contribution in [0.4, 0.5) is 5.69 Å². The van der Waals surface area contributed by atoms with Gasteiger partial charge >= 0.3 is 0 Å². The Balaban J connectivity index is 1.62. The zero-order valence-electron chi connectivity index (χ0n) is 18.2. The number of benzene rings is 1. The van der Waals surface area contributed by atoms with Gasteiger partial charge in [0.1, 0.15) is 11.4 Å². The summed E-state index contributed by atoms with van der Waals surface area (Å²) in [6.45, 7) is 3.96. The highest BCUT2D eigenvalue weighted by molar-refractivity contribution is 7.89. The fourth-order valence-electron chi connectivity index (χ4n) is 4.03. The van der Waals surface area contributed by atoms with Crippen molar-refractivity contribution < 1.29 is 18.3 Å². The number of sulfonamides is 1. The highest BCUT2D eigenvalue weighted by Crippen LogP contribution is 2.34. The Morgan fingerprint density at radius 2 is 2.00 bits per heavy atom. The van der Waals surface area contributed by atoms with Gasteiger partial charge in [0.2, 0.25) is 10.0 Å². The average Bonchev–Trinajstić information content (AvgIpc) is 3.05. The van der Waals surface area contributed by atoms with Crippen molar-refractivity contribution in [1.29, 1.82) is 0 Å². The Kier molecular flexibility index (Phi) is 6.62. The van der Waals surface area contributed by atoms with Crippen LogP contribution in [0, 0.1) is 0 Å². The summed E-state index contributed by atoms with van der Waals surface area (Å²) in [7, 11) is -1.64. The molecule has 3 heterocycles. The second-order valence-corrected chi connectivity index (χ2v) is 10.4. The Bertz CT molecular complexity index is 1230. The molecule has 0 unspecified atom stereocenters. The molecule has 0 amide bonds. The third-order valence-corrected chi connectivity index (χ3v) is 8.02. The first-order valence-corrected chi connectivity index (χ1v) is 12.5. The van der Waals surface area contributed by atoms with Crippen molar-refractivity contribution in [2.75, 3.05) is 43.9 Å². The van der Waals surface area contributed by atoms with Gasteiger partial charge in [-0.25, -0.2) is 17.7 Å². The maximum atomic E-state index is 12.2. The van der Waals surface area contributed by atoms with Gasteiger partial charge in [0, 0.05) is 55.9 Å². The number of anilines is 1. The lowest BCUT2D eigenvalue weighted by molar-refractivity contribution is 0.281. The van der Waals surface area contributed by atoms with Crippen molar-refractivity contribution in [3.05, 3.63) is 47.2 Å². The number of fused-ring (bicyclic) bond motifs is 1. The Labute approximate surface area is 193 Å². The number of rotatable bonds is 6. The average molecular weight is 479 g/mol. The van der Waals surface area contributed by atoms with E-state index in [9.17, 15) is 13.5 Å². The molecule has 3 aromatic rings. The van der Waals surface area contributed by atoms with Gasteiger partial charge in [-0.3, -0.25) is 0 Å². The predicted octanol–water partition coefficient (Wildman–Crippen LogP) is 3.02. The lowest BCUT2D eigenvalue weighted by Gasteiger charge is -2.23. The molecular formula is C22H27ClN4O4S. The largest absolute Gasteiger partial charge is 0.495 e. The molecular weight excluding hydrogens is 452 g/mol. The van der Waals surface area contributed by atoms with Gasteiger partial charge in [-0.2, -0.15) is 0 Å². The second kappa shape index (κ2) is 9.27. The number of hydrogen-bond donors (Lipinski definition) is 1. The van der Waals surface area contributed by atoms with E-state index in [1.165, 1.54) is 7.11 Å². The molecule has 0 atom stereocenters. The summed E-state index contributed by atoms with van der Waals surface area (Å²) in [5, 5.41) is 10.3. The van der Waals surface area contributed by atoms with Crippen molar-refractivity contribution >= 4 is 33.0 Å². The fourth-order valence-corrected chi connectivity index (χ4v) is 5.40. The smallest absolute Gasteiger partial charge is 0.213 e. The molecule has 1 saturated heterocycles. The number of aliphatic hydroxyl groups is 1. The molecule has 0 bridgehead atoms.